The monoisotopic (exact) mass is 448 g/mol. The topological polar surface area (TPSA) is 52.6 Å². The Labute approximate surface area is 176 Å². The fourth-order valence-electron chi connectivity index (χ4n) is 3.10. The Morgan fingerprint density at radius 1 is 1.00 bits per heavy atom. The van der Waals surface area contributed by atoms with Crippen LogP contribution in [0, 0.1) is 13.8 Å². The van der Waals surface area contributed by atoms with Crippen molar-refractivity contribution in [1.29, 1.82) is 0 Å². The van der Waals surface area contributed by atoms with Crippen LogP contribution >= 0.6 is 15.9 Å². The Hall–Kier alpha value is -3.18. The van der Waals surface area contributed by atoms with Crippen LogP contribution in [-0.2, 0) is 0 Å². The molecule has 0 fully saturated rings. The van der Waals surface area contributed by atoms with E-state index in [1.807, 2.05) is 31.2 Å². The van der Waals surface area contributed by atoms with E-state index in [0.29, 0.717) is 28.2 Å². The molecule has 0 bridgehead atoms. The number of rotatable bonds is 3. The zero-order valence-electron chi connectivity index (χ0n) is 15.9. The minimum absolute atomic E-state index is 0.177. The Balaban J connectivity index is 1.59. The lowest BCUT2D eigenvalue weighted by atomic mass is 10.0. The molecule has 1 heterocycles. The van der Waals surface area contributed by atoms with E-state index in [1.165, 1.54) is 0 Å². The highest BCUT2D eigenvalue weighted by molar-refractivity contribution is 9.10. The molecule has 0 spiro atoms. The SMILES string of the molecule is Cc1ccc(/C=C2\Oc3cc(OC(=O)c4ccc(Br)cc4)cc(C)c3C2=O)cc1. The van der Waals surface area contributed by atoms with Gasteiger partial charge in [0.05, 0.1) is 11.1 Å². The van der Waals surface area contributed by atoms with Gasteiger partial charge < -0.3 is 9.47 Å². The van der Waals surface area contributed by atoms with Crippen molar-refractivity contribution < 1.29 is 19.1 Å². The van der Waals surface area contributed by atoms with E-state index in [1.54, 1.807) is 49.4 Å². The van der Waals surface area contributed by atoms with Crippen molar-refractivity contribution >= 4 is 33.8 Å². The summed E-state index contributed by atoms with van der Waals surface area (Å²) in [7, 11) is 0. The fraction of sp³-hybridized carbons (Fsp3) is 0.0833. The number of aryl methyl sites for hydroxylation is 2. The molecule has 0 aliphatic carbocycles. The summed E-state index contributed by atoms with van der Waals surface area (Å²) < 4.78 is 12.2. The van der Waals surface area contributed by atoms with Gasteiger partial charge in [-0.3, -0.25) is 4.79 Å². The summed E-state index contributed by atoms with van der Waals surface area (Å²) in [4.78, 5) is 25.1. The van der Waals surface area contributed by atoms with Crippen LogP contribution in [-0.4, -0.2) is 11.8 Å². The van der Waals surface area contributed by atoms with Gasteiger partial charge in [0.15, 0.2) is 5.76 Å². The number of ketones is 1. The lowest BCUT2D eigenvalue weighted by Gasteiger charge is -2.08. The molecule has 0 unspecified atom stereocenters. The smallest absolute Gasteiger partial charge is 0.343 e. The van der Waals surface area contributed by atoms with Gasteiger partial charge in [0.25, 0.3) is 0 Å². The summed E-state index contributed by atoms with van der Waals surface area (Å²) in [5, 5.41) is 0. The van der Waals surface area contributed by atoms with Crippen LogP contribution in [0.4, 0.5) is 0 Å². The van der Waals surface area contributed by atoms with E-state index < -0.39 is 5.97 Å². The van der Waals surface area contributed by atoms with Crippen LogP contribution in [0.1, 0.15) is 37.4 Å². The summed E-state index contributed by atoms with van der Waals surface area (Å²) >= 11 is 3.34. The number of esters is 1. The van der Waals surface area contributed by atoms with E-state index in [0.717, 1.165) is 15.6 Å². The molecule has 4 rings (SSSR count). The van der Waals surface area contributed by atoms with Crippen LogP contribution in [0.5, 0.6) is 11.5 Å². The van der Waals surface area contributed by atoms with Crippen molar-refractivity contribution in [2.24, 2.45) is 0 Å². The highest BCUT2D eigenvalue weighted by atomic mass is 79.9. The largest absolute Gasteiger partial charge is 0.452 e. The number of carbonyl (C=O) groups excluding carboxylic acids is 2. The van der Waals surface area contributed by atoms with E-state index in [-0.39, 0.29) is 11.5 Å². The van der Waals surface area contributed by atoms with Crippen LogP contribution < -0.4 is 9.47 Å². The Morgan fingerprint density at radius 3 is 2.38 bits per heavy atom. The number of hydrogen-bond acceptors (Lipinski definition) is 4. The lowest BCUT2D eigenvalue weighted by Crippen LogP contribution is -2.08. The van der Waals surface area contributed by atoms with Crippen LogP contribution in [0.3, 0.4) is 0 Å². The second-order valence-electron chi connectivity index (χ2n) is 6.86. The van der Waals surface area contributed by atoms with E-state index in [9.17, 15) is 9.59 Å². The number of ether oxygens (including phenoxy) is 2. The molecule has 0 saturated heterocycles. The third-order valence-electron chi connectivity index (χ3n) is 4.61. The van der Waals surface area contributed by atoms with Crippen molar-refractivity contribution in [2.75, 3.05) is 0 Å². The summed E-state index contributed by atoms with van der Waals surface area (Å²) in [5.41, 5.74) is 3.64. The van der Waals surface area contributed by atoms with Gasteiger partial charge in [-0.1, -0.05) is 45.8 Å². The fourth-order valence-corrected chi connectivity index (χ4v) is 3.37. The van der Waals surface area contributed by atoms with Crippen molar-refractivity contribution in [3.8, 4) is 11.5 Å². The molecule has 29 heavy (non-hydrogen) atoms. The maximum atomic E-state index is 12.8. The van der Waals surface area contributed by atoms with Crippen molar-refractivity contribution in [3.63, 3.8) is 0 Å². The molecule has 0 radical (unpaired) electrons. The first-order valence-corrected chi connectivity index (χ1v) is 9.83. The molecule has 4 nitrogen and oxygen atoms in total. The third kappa shape index (κ3) is 4.00. The van der Waals surface area contributed by atoms with Crippen LogP contribution in [0.25, 0.3) is 6.08 Å². The molecular formula is C24H17BrO4. The lowest BCUT2D eigenvalue weighted by molar-refractivity contribution is 0.0734. The zero-order chi connectivity index (χ0) is 20.5. The summed E-state index contributed by atoms with van der Waals surface area (Å²) in [5.74, 6) is 0.328. The second-order valence-corrected chi connectivity index (χ2v) is 7.78. The van der Waals surface area contributed by atoms with Gasteiger partial charge in [-0.2, -0.15) is 0 Å². The number of carbonyl (C=O) groups is 2. The molecule has 0 amide bonds. The van der Waals surface area contributed by atoms with Gasteiger partial charge in [-0.15, -0.1) is 0 Å². The van der Waals surface area contributed by atoms with Crippen molar-refractivity contribution in [2.45, 2.75) is 13.8 Å². The average Bonchev–Trinajstić information content (AvgIpc) is 3.00. The molecule has 0 saturated carbocycles. The van der Waals surface area contributed by atoms with E-state index >= 15 is 0 Å². The molecule has 0 atom stereocenters. The minimum atomic E-state index is -0.475. The number of halogens is 1. The maximum Gasteiger partial charge on any atom is 0.343 e. The second kappa shape index (κ2) is 7.68. The highest BCUT2D eigenvalue weighted by Gasteiger charge is 2.30. The molecule has 0 N–H and O–H groups in total. The number of fused-ring (bicyclic) bond motifs is 1. The van der Waals surface area contributed by atoms with Gasteiger partial charge in [0.1, 0.15) is 11.5 Å². The highest BCUT2D eigenvalue weighted by Crippen LogP contribution is 2.37. The number of hydrogen-bond donors (Lipinski definition) is 0. The summed E-state index contributed by atoms with van der Waals surface area (Å²) in [6, 6.07) is 18.0. The molecule has 3 aromatic rings. The molecule has 1 aliphatic heterocycles. The first-order valence-electron chi connectivity index (χ1n) is 9.04. The maximum absolute atomic E-state index is 12.8. The van der Waals surface area contributed by atoms with Crippen LogP contribution in [0.2, 0.25) is 0 Å². The summed E-state index contributed by atoms with van der Waals surface area (Å²) in [6.07, 6.45) is 1.72. The Bertz CT molecular complexity index is 1140. The zero-order valence-corrected chi connectivity index (χ0v) is 17.4. The number of benzene rings is 3. The average molecular weight is 449 g/mol. The number of Topliss-reactive ketones (excluding diaryl/α,β-unsaturated/α-hetero) is 1. The quantitative estimate of drug-likeness (QED) is 0.284. The van der Waals surface area contributed by atoms with E-state index in [2.05, 4.69) is 15.9 Å². The van der Waals surface area contributed by atoms with Gasteiger partial charge in [0.2, 0.25) is 5.78 Å². The molecule has 5 heteroatoms. The standard InChI is InChI=1S/C24H17BrO4/c1-14-3-5-16(6-4-14)12-21-23(26)22-15(2)11-19(13-20(22)29-21)28-24(27)17-7-9-18(25)10-8-17/h3-13H,1-2H3/b21-12-. The minimum Gasteiger partial charge on any atom is -0.452 e. The van der Waals surface area contributed by atoms with E-state index in [4.69, 9.17) is 9.47 Å². The molecule has 1 aliphatic rings. The van der Waals surface area contributed by atoms with Crippen LogP contribution in [0.15, 0.2) is 70.9 Å². The van der Waals surface area contributed by atoms with Gasteiger partial charge >= 0.3 is 5.97 Å². The first kappa shape index (κ1) is 19.2. The van der Waals surface area contributed by atoms with Gasteiger partial charge in [-0.05, 0) is 61.4 Å². The predicted molar refractivity (Wildman–Crippen MR) is 114 cm³/mol. The molecule has 3 aromatic carbocycles. The third-order valence-corrected chi connectivity index (χ3v) is 5.14. The van der Waals surface area contributed by atoms with Crippen molar-refractivity contribution in [3.05, 3.63) is 98.7 Å². The molecule has 144 valence electrons. The molecular weight excluding hydrogens is 432 g/mol. The summed E-state index contributed by atoms with van der Waals surface area (Å²) in [6.45, 7) is 3.80. The van der Waals surface area contributed by atoms with Crippen molar-refractivity contribution in [1.82, 2.24) is 0 Å². The normalized spacial score (nSPS) is 13.9. The van der Waals surface area contributed by atoms with Gasteiger partial charge in [0, 0.05) is 10.5 Å². The first-order chi connectivity index (χ1) is 13.9. The molecule has 0 aromatic heterocycles. The Morgan fingerprint density at radius 2 is 1.69 bits per heavy atom. The predicted octanol–water partition coefficient (Wildman–Crippen LogP) is 5.90. The van der Waals surface area contributed by atoms with Gasteiger partial charge in [-0.25, -0.2) is 4.79 Å². The number of allylic oxidation sites excluding steroid dienone is 1. The Kier molecular flexibility index (Phi) is 5.07.